The maximum absolute atomic E-state index is 6.12. The summed E-state index contributed by atoms with van der Waals surface area (Å²) < 4.78 is 7.23. The summed E-state index contributed by atoms with van der Waals surface area (Å²) in [6.07, 6.45) is 4.26. The van der Waals surface area contributed by atoms with Crippen LogP contribution in [-0.4, -0.2) is 37.3 Å². The van der Waals surface area contributed by atoms with Crippen molar-refractivity contribution in [2.24, 2.45) is 0 Å². The quantitative estimate of drug-likeness (QED) is 0.323. The fraction of sp³-hybridized carbons (Fsp3) is 0.364. The molecule has 0 aliphatic carbocycles. The Balaban J connectivity index is 0.00000312. The molecule has 0 saturated carbocycles. The van der Waals surface area contributed by atoms with Crippen LogP contribution in [0.25, 0.3) is 12.2 Å². The van der Waals surface area contributed by atoms with Gasteiger partial charge in [-0.1, -0.05) is 60.7 Å². The van der Waals surface area contributed by atoms with E-state index in [1.807, 2.05) is 12.1 Å². The normalized spacial score (nSPS) is 11.3. The van der Waals surface area contributed by atoms with Crippen molar-refractivity contribution in [1.82, 2.24) is 0 Å². The maximum atomic E-state index is 6.12. The van der Waals surface area contributed by atoms with E-state index in [2.05, 4.69) is 75.4 Å². The van der Waals surface area contributed by atoms with Gasteiger partial charge in [0.05, 0.1) is 19.6 Å². The Morgan fingerprint density at radius 1 is 0.800 bits per heavy atom. The van der Waals surface area contributed by atoms with E-state index in [0.29, 0.717) is 0 Å². The number of benzene rings is 2. The van der Waals surface area contributed by atoms with Gasteiger partial charge in [-0.05, 0) is 32.4 Å². The molecule has 0 amide bonds. The van der Waals surface area contributed by atoms with Gasteiger partial charge in [-0.15, -0.1) is 0 Å². The highest BCUT2D eigenvalue weighted by Crippen LogP contribution is 2.21. The van der Waals surface area contributed by atoms with Crippen LogP contribution in [0.1, 0.15) is 31.9 Å². The third-order valence-corrected chi connectivity index (χ3v) is 5.01. The number of rotatable bonds is 9. The average Bonchev–Trinajstić information content (AvgIpc) is 2.66. The Bertz CT molecular complexity index is 627. The fourth-order valence-electron chi connectivity index (χ4n) is 2.99. The highest BCUT2D eigenvalue weighted by molar-refractivity contribution is 5.72. The number of para-hydroxylation sites is 1. The van der Waals surface area contributed by atoms with Crippen LogP contribution in [0.5, 0.6) is 5.75 Å². The van der Waals surface area contributed by atoms with E-state index < -0.39 is 0 Å². The van der Waals surface area contributed by atoms with Crippen molar-refractivity contribution >= 4 is 12.2 Å². The number of nitrogens with zero attached hydrogens (tertiary/aromatic N) is 1. The highest BCUT2D eigenvalue weighted by Gasteiger charge is 2.20. The standard InChI is InChI=1S/C22H30NO.HI/c1-4-23(5-2,6-3)18-19-24-22-15-11-10-14-21(22)17-16-20-12-8-7-9-13-20;/h7-17H,4-6,18-19H2,1-3H3;1H/q+1;/p-1/b17-16+;. The number of halogens is 1. The van der Waals surface area contributed by atoms with E-state index in [-0.39, 0.29) is 24.0 Å². The number of quaternary nitrogens is 1. The summed E-state index contributed by atoms with van der Waals surface area (Å²) in [5.41, 5.74) is 2.33. The first-order chi connectivity index (χ1) is 11.7. The molecule has 0 fully saturated rings. The SMILES string of the molecule is CC[N+](CC)(CC)CCOc1ccccc1/C=C/c1ccccc1.[I-]. The monoisotopic (exact) mass is 451 g/mol. The first-order valence-corrected chi connectivity index (χ1v) is 9.03. The maximum Gasteiger partial charge on any atom is 0.137 e. The summed E-state index contributed by atoms with van der Waals surface area (Å²) in [5.74, 6) is 0.964. The second-order valence-corrected chi connectivity index (χ2v) is 6.14. The van der Waals surface area contributed by atoms with Gasteiger partial charge in [-0.2, -0.15) is 0 Å². The van der Waals surface area contributed by atoms with Crippen molar-refractivity contribution < 1.29 is 33.2 Å². The molecular formula is C22H30INO. The molecule has 2 aromatic rings. The average molecular weight is 451 g/mol. The van der Waals surface area contributed by atoms with Gasteiger partial charge in [0.1, 0.15) is 18.9 Å². The van der Waals surface area contributed by atoms with Gasteiger partial charge in [0.25, 0.3) is 0 Å². The number of likely N-dealkylation sites (N-methyl/N-ethyl adjacent to an activating group) is 1. The minimum absolute atomic E-state index is 0. The molecule has 0 aliphatic rings. The highest BCUT2D eigenvalue weighted by atomic mass is 127. The van der Waals surface area contributed by atoms with Gasteiger partial charge in [0.15, 0.2) is 0 Å². The molecule has 0 aromatic heterocycles. The van der Waals surface area contributed by atoms with Crippen LogP contribution in [0.4, 0.5) is 0 Å². The molecule has 0 saturated heterocycles. The molecule has 136 valence electrons. The summed E-state index contributed by atoms with van der Waals surface area (Å²) in [4.78, 5) is 0. The van der Waals surface area contributed by atoms with Crippen LogP contribution in [-0.2, 0) is 0 Å². The fourth-order valence-corrected chi connectivity index (χ4v) is 2.99. The molecule has 2 nitrogen and oxygen atoms in total. The number of hydrogen-bond donors (Lipinski definition) is 0. The molecule has 2 aromatic carbocycles. The lowest BCUT2D eigenvalue weighted by atomic mass is 10.1. The molecule has 3 heteroatoms. The van der Waals surface area contributed by atoms with Crippen molar-refractivity contribution in [2.45, 2.75) is 20.8 Å². The second kappa shape index (κ2) is 11.3. The van der Waals surface area contributed by atoms with Gasteiger partial charge < -0.3 is 33.2 Å². The predicted octanol–water partition coefficient (Wildman–Crippen LogP) is 2.12. The molecule has 0 heterocycles. The summed E-state index contributed by atoms with van der Waals surface area (Å²) in [5, 5.41) is 0. The van der Waals surface area contributed by atoms with Crippen molar-refractivity contribution in [3.63, 3.8) is 0 Å². The smallest absolute Gasteiger partial charge is 0.137 e. The van der Waals surface area contributed by atoms with Gasteiger partial charge in [-0.25, -0.2) is 0 Å². The van der Waals surface area contributed by atoms with Crippen LogP contribution in [0.2, 0.25) is 0 Å². The molecule has 25 heavy (non-hydrogen) atoms. The molecule has 0 aliphatic heterocycles. The van der Waals surface area contributed by atoms with Crippen LogP contribution < -0.4 is 28.7 Å². The molecule has 0 spiro atoms. The lowest BCUT2D eigenvalue weighted by molar-refractivity contribution is -0.923. The zero-order valence-corrected chi connectivity index (χ0v) is 17.8. The van der Waals surface area contributed by atoms with Crippen molar-refractivity contribution in [3.8, 4) is 5.75 Å². The first kappa shape index (κ1) is 21.7. The van der Waals surface area contributed by atoms with E-state index in [4.69, 9.17) is 4.74 Å². The molecular weight excluding hydrogens is 421 g/mol. The second-order valence-electron chi connectivity index (χ2n) is 6.14. The van der Waals surface area contributed by atoms with Crippen LogP contribution in [0.3, 0.4) is 0 Å². The molecule has 0 atom stereocenters. The largest absolute Gasteiger partial charge is 1.00 e. The van der Waals surface area contributed by atoms with Crippen LogP contribution in [0, 0.1) is 0 Å². The zero-order chi connectivity index (χ0) is 17.3. The topological polar surface area (TPSA) is 9.23 Å². The molecule has 0 radical (unpaired) electrons. The summed E-state index contributed by atoms with van der Waals surface area (Å²) >= 11 is 0. The Hall–Kier alpha value is -1.33. The number of ether oxygens (including phenoxy) is 1. The van der Waals surface area contributed by atoms with E-state index in [0.717, 1.165) is 48.6 Å². The summed E-state index contributed by atoms with van der Waals surface area (Å²) in [6.45, 7) is 12.1. The first-order valence-electron chi connectivity index (χ1n) is 9.03. The van der Waals surface area contributed by atoms with Gasteiger partial charge >= 0.3 is 0 Å². The Morgan fingerprint density at radius 2 is 1.40 bits per heavy atom. The van der Waals surface area contributed by atoms with Crippen molar-refractivity contribution in [1.29, 1.82) is 0 Å². The van der Waals surface area contributed by atoms with E-state index in [1.54, 1.807) is 0 Å². The molecule has 0 N–H and O–H groups in total. The van der Waals surface area contributed by atoms with Gasteiger partial charge in [-0.3, -0.25) is 0 Å². The molecule has 0 unspecified atom stereocenters. The van der Waals surface area contributed by atoms with E-state index >= 15 is 0 Å². The van der Waals surface area contributed by atoms with Gasteiger partial charge in [0.2, 0.25) is 0 Å². The lowest BCUT2D eigenvalue weighted by Gasteiger charge is -2.35. The summed E-state index contributed by atoms with van der Waals surface area (Å²) in [6, 6.07) is 18.6. The van der Waals surface area contributed by atoms with Crippen molar-refractivity contribution in [3.05, 3.63) is 65.7 Å². The van der Waals surface area contributed by atoms with E-state index in [9.17, 15) is 0 Å². The lowest BCUT2D eigenvalue weighted by Crippen LogP contribution is -3.00. The Morgan fingerprint density at radius 3 is 2.04 bits per heavy atom. The molecule has 2 rings (SSSR count). The van der Waals surface area contributed by atoms with Crippen LogP contribution in [0.15, 0.2) is 54.6 Å². The third-order valence-electron chi connectivity index (χ3n) is 5.01. The van der Waals surface area contributed by atoms with Crippen LogP contribution >= 0.6 is 0 Å². The summed E-state index contributed by atoms with van der Waals surface area (Å²) in [7, 11) is 0. The van der Waals surface area contributed by atoms with Crippen molar-refractivity contribution in [2.75, 3.05) is 32.8 Å². The minimum Gasteiger partial charge on any atom is -1.00 e. The minimum atomic E-state index is 0. The third kappa shape index (κ3) is 6.48. The number of hydrogen-bond acceptors (Lipinski definition) is 1. The molecule has 0 bridgehead atoms. The Labute approximate surface area is 170 Å². The van der Waals surface area contributed by atoms with Gasteiger partial charge in [0, 0.05) is 5.56 Å². The zero-order valence-electron chi connectivity index (χ0n) is 15.6. The Kier molecular flexibility index (Phi) is 9.83. The van der Waals surface area contributed by atoms with E-state index in [1.165, 1.54) is 5.56 Å². The predicted molar refractivity (Wildman–Crippen MR) is 104 cm³/mol.